The Morgan fingerprint density at radius 3 is 2.69 bits per heavy atom. The Morgan fingerprint density at radius 2 is 2.12 bits per heavy atom. The van der Waals surface area contributed by atoms with E-state index in [9.17, 15) is 4.79 Å². The van der Waals surface area contributed by atoms with Gasteiger partial charge in [-0.1, -0.05) is 35.4 Å². The monoisotopic (exact) mass is 219 g/mol. The molecule has 0 spiro atoms. The predicted molar refractivity (Wildman–Crippen MR) is 59.9 cm³/mol. The van der Waals surface area contributed by atoms with Crippen LogP contribution in [0.5, 0.6) is 0 Å². The second kappa shape index (κ2) is 6.48. The van der Waals surface area contributed by atoms with Crippen LogP contribution in [0.25, 0.3) is 10.4 Å². The summed E-state index contributed by atoms with van der Waals surface area (Å²) in [6.07, 6.45) is 1.16. The largest absolute Gasteiger partial charge is 0.481 e. The van der Waals surface area contributed by atoms with Gasteiger partial charge < -0.3 is 5.11 Å². The number of aryl methyl sites for hydroxylation is 1. The van der Waals surface area contributed by atoms with Crippen molar-refractivity contribution in [3.63, 3.8) is 0 Å². The lowest BCUT2D eigenvalue weighted by Crippen LogP contribution is -2.11. The quantitative estimate of drug-likeness (QED) is 0.453. The van der Waals surface area contributed by atoms with Crippen LogP contribution in [-0.2, 0) is 11.2 Å². The van der Waals surface area contributed by atoms with Crippen LogP contribution in [0.3, 0.4) is 0 Å². The topological polar surface area (TPSA) is 86.1 Å². The van der Waals surface area contributed by atoms with Crippen LogP contribution in [-0.4, -0.2) is 17.1 Å². The molecule has 0 aliphatic rings. The van der Waals surface area contributed by atoms with Crippen LogP contribution in [0.4, 0.5) is 0 Å². The SMILES string of the molecule is [N-]=[N+]=NC(CCc1ccccc1)CC(=O)O. The van der Waals surface area contributed by atoms with Gasteiger partial charge >= 0.3 is 5.97 Å². The molecule has 0 amide bonds. The molecule has 1 aromatic rings. The molecule has 0 bridgehead atoms. The predicted octanol–water partition coefficient (Wildman–Crippen LogP) is 2.77. The lowest BCUT2D eigenvalue weighted by molar-refractivity contribution is -0.137. The van der Waals surface area contributed by atoms with Gasteiger partial charge in [0.15, 0.2) is 0 Å². The van der Waals surface area contributed by atoms with E-state index in [1.54, 1.807) is 0 Å². The van der Waals surface area contributed by atoms with Gasteiger partial charge in [0, 0.05) is 11.0 Å². The molecule has 5 nitrogen and oxygen atoms in total. The van der Waals surface area contributed by atoms with Crippen molar-refractivity contribution < 1.29 is 9.90 Å². The first-order chi connectivity index (χ1) is 7.72. The molecule has 1 N–H and O–H groups in total. The zero-order valence-electron chi connectivity index (χ0n) is 8.78. The van der Waals surface area contributed by atoms with Crippen LogP contribution in [0.15, 0.2) is 35.4 Å². The Hall–Kier alpha value is -2.00. The van der Waals surface area contributed by atoms with Gasteiger partial charge in [-0.15, -0.1) is 0 Å². The van der Waals surface area contributed by atoms with Gasteiger partial charge in [-0.3, -0.25) is 4.79 Å². The summed E-state index contributed by atoms with van der Waals surface area (Å²) in [5, 5.41) is 12.1. The highest BCUT2D eigenvalue weighted by Crippen LogP contribution is 2.10. The lowest BCUT2D eigenvalue weighted by atomic mass is 10.0. The molecule has 84 valence electrons. The maximum absolute atomic E-state index is 10.5. The number of rotatable bonds is 6. The number of azide groups is 1. The van der Waals surface area contributed by atoms with E-state index in [0.29, 0.717) is 6.42 Å². The van der Waals surface area contributed by atoms with Gasteiger partial charge in [0.25, 0.3) is 0 Å². The molecule has 0 saturated carbocycles. The van der Waals surface area contributed by atoms with Crippen molar-refractivity contribution in [1.29, 1.82) is 0 Å². The van der Waals surface area contributed by atoms with E-state index < -0.39 is 12.0 Å². The summed E-state index contributed by atoms with van der Waals surface area (Å²) in [5.74, 6) is -0.939. The molecule has 1 rings (SSSR count). The molecule has 1 unspecified atom stereocenters. The summed E-state index contributed by atoms with van der Waals surface area (Å²) in [5.41, 5.74) is 9.43. The van der Waals surface area contributed by atoms with Crippen LogP contribution >= 0.6 is 0 Å². The number of hydrogen-bond acceptors (Lipinski definition) is 2. The number of hydrogen-bond donors (Lipinski definition) is 1. The third kappa shape index (κ3) is 4.48. The van der Waals surface area contributed by atoms with Crippen molar-refractivity contribution >= 4 is 5.97 Å². The van der Waals surface area contributed by atoms with Gasteiger partial charge in [0.2, 0.25) is 0 Å². The van der Waals surface area contributed by atoms with Crippen LogP contribution in [0.2, 0.25) is 0 Å². The molecule has 0 radical (unpaired) electrons. The Labute approximate surface area is 93.3 Å². The minimum absolute atomic E-state index is 0.114. The van der Waals surface area contributed by atoms with Gasteiger partial charge in [0.05, 0.1) is 6.42 Å². The van der Waals surface area contributed by atoms with Crippen LogP contribution in [0.1, 0.15) is 18.4 Å². The summed E-state index contributed by atoms with van der Waals surface area (Å²) in [6.45, 7) is 0. The van der Waals surface area contributed by atoms with E-state index in [2.05, 4.69) is 10.0 Å². The Kier molecular flexibility index (Phi) is 4.89. The van der Waals surface area contributed by atoms with Crippen molar-refractivity contribution in [3.05, 3.63) is 46.3 Å². The fourth-order valence-electron chi connectivity index (χ4n) is 1.45. The summed E-state index contributed by atoms with van der Waals surface area (Å²) in [4.78, 5) is 13.2. The van der Waals surface area contributed by atoms with Crippen molar-refractivity contribution in [2.45, 2.75) is 25.3 Å². The van der Waals surface area contributed by atoms with Gasteiger partial charge in [-0.2, -0.15) is 0 Å². The number of nitrogens with zero attached hydrogens (tertiary/aromatic N) is 3. The minimum Gasteiger partial charge on any atom is -0.481 e. The summed E-state index contributed by atoms with van der Waals surface area (Å²) in [6, 6.07) is 9.24. The second-order valence-electron chi connectivity index (χ2n) is 3.48. The first kappa shape index (κ1) is 12.1. The van der Waals surface area contributed by atoms with Crippen molar-refractivity contribution in [3.8, 4) is 0 Å². The molecule has 0 saturated heterocycles. The highest BCUT2D eigenvalue weighted by atomic mass is 16.4. The molecule has 1 atom stereocenters. The standard InChI is InChI=1S/C11H13N3O2/c12-14-13-10(8-11(15)16)7-6-9-4-2-1-3-5-9/h1-5,10H,6-8H2,(H,15,16). The van der Waals surface area contributed by atoms with Crippen molar-refractivity contribution in [2.75, 3.05) is 0 Å². The molecular formula is C11H13N3O2. The lowest BCUT2D eigenvalue weighted by Gasteiger charge is -2.07. The van der Waals surface area contributed by atoms with Gasteiger partial charge in [-0.25, -0.2) is 0 Å². The average molecular weight is 219 g/mol. The highest BCUT2D eigenvalue weighted by molar-refractivity contribution is 5.67. The third-order valence-electron chi connectivity index (χ3n) is 2.23. The smallest absolute Gasteiger partial charge is 0.303 e. The minimum atomic E-state index is -0.939. The maximum Gasteiger partial charge on any atom is 0.303 e. The Bertz CT molecular complexity index is 385. The molecular weight excluding hydrogens is 206 g/mol. The van der Waals surface area contributed by atoms with Crippen molar-refractivity contribution in [1.82, 2.24) is 0 Å². The number of carboxylic acid groups (broad SMARTS) is 1. The van der Waals surface area contributed by atoms with E-state index in [4.69, 9.17) is 10.6 Å². The zero-order valence-corrected chi connectivity index (χ0v) is 8.78. The van der Waals surface area contributed by atoms with E-state index >= 15 is 0 Å². The van der Waals surface area contributed by atoms with Crippen molar-refractivity contribution in [2.24, 2.45) is 5.11 Å². The molecule has 16 heavy (non-hydrogen) atoms. The zero-order chi connectivity index (χ0) is 11.8. The first-order valence-electron chi connectivity index (χ1n) is 5.02. The molecule has 1 aromatic carbocycles. The summed E-state index contributed by atoms with van der Waals surface area (Å²) >= 11 is 0. The molecule has 0 aliphatic heterocycles. The van der Waals surface area contributed by atoms with E-state index in [1.807, 2.05) is 30.3 Å². The van der Waals surface area contributed by atoms with E-state index in [-0.39, 0.29) is 6.42 Å². The van der Waals surface area contributed by atoms with Crippen LogP contribution in [0, 0.1) is 0 Å². The number of carbonyl (C=O) groups is 1. The molecule has 0 aromatic heterocycles. The first-order valence-corrected chi connectivity index (χ1v) is 5.02. The Balaban J connectivity index is 2.50. The number of aliphatic carboxylic acids is 1. The summed E-state index contributed by atoms with van der Waals surface area (Å²) < 4.78 is 0. The molecule has 0 fully saturated rings. The molecule has 0 heterocycles. The number of carboxylic acids is 1. The molecule has 5 heteroatoms. The highest BCUT2D eigenvalue weighted by Gasteiger charge is 2.11. The maximum atomic E-state index is 10.5. The third-order valence-corrected chi connectivity index (χ3v) is 2.23. The summed E-state index contributed by atoms with van der Waals surface area (Å²) in [7, 11) is 0. The van der Waals surface area contributed by atoms with E-state index in [0.717, 1.165) is 12.0 Å². The van der Waals surface area contributed by atoms with Crippen LogP contribution < -0.4 is 0 Å². The van der Waals surface area contributed by atoms with E-state index in [1.165, 1.54) is 0 Å². The fourth-order valence-corrected chi connectivity index (χ4v) is 1.45. The normalized spacial score (nSPS) is 11.5. The average Bonchev–Trinajstić information content (AvgIpc) is 2.27. The second-order valence-corrected chi connectivity index (χ2v) is 3.48. The van der Waals surface area contributed by atoms with Gasteiger partial charge in [-0.05, 0) is 23.9 Å². The van der Waals surface area contributed by atoms with Gasteiger partial charge in [0.1, 0.15) is 0 Å². The fraction of sp³-hybridized carbons (Fsp3) is 0.364. The molecule has 0 aliphatic carbocycles. The number of benzene rings is 1. The Morgan fingerprint density at radius 1 is 1.44 bits per heavy atom.